The highest BCUT2D eigenvalue weighted by Gasteiger charge is 2.17. The summed E-state index contributed by atoms with van der Waals surface area (Å²) in [5.74, 6) is 0.424. The van der Waals surface area contributed by atoms with E-state index in [1.165, 1.54) is 20.2 Å². The Morgan fingerprint density at radius 2 is 2.00 bits per heavy atom. The first kappa shape index (κ1) is 17.3. The number of nitrogens with zero attached hydrogens (tertiary/aromatic N) is 1. The lowest BCUT2D eigenvalue weighted by Crippen LogP contribution is -2.30. The number of benzene rings is 1. The predicted molar refractivity (Wildman–Crippen MR) is 90.3 cm³/mol. The van der Waals surface area contributed by atoms with Crippen LogP contribution in [0.3, 0.4) is 0 Å². The minimum absolute atomic E-state index is 0.203. The van der Waals surface area contributed by atoms with Crippen LogP contribution in [-0.2, 0) is 9.59 Å². The van der Waals surface area contributed by atoms with E-state index < -0.39 is 6.10 Å². The molecule has 1 heterocycles. The summed E-state index contributed by atoms with van der Waals surface area (Å²) in [6.45, 7) is 3.04. The number of carbonyl (C=O) groups excluding carboxylic acids is 2. The van der Waals surface area contributed by atoms with Crippen LogP contribution in [0, 0.1) is 0 Å². The largest absolute Gasteiger partial charge is 0.495 e. The van der Waals surface area contributed by atoms with Crippen LogP contribution in [0.25, 0.3) is 0 Å². The van der Waals surface area contributed by atoms with Crippen LogP contribution in [0.2, 0.25) is 0 Å². The van der Waals surface area contributed by atoms with Crippen molar-refractivity contribution in [2.45, 2.75) is 20.0 Å². The number of rotatable bonds is 6. The minimum atomic E-state index is -0.733. The molecule has 1 atom stereocenters. The lowest BCUT2D eigenvalue weighted by molar-refractivity contribution is -0.122. The molecule has 0 spiro atoms. The summed E-state index contributed by atoms with van der Waals surface area (Å²) >= 11 is 0. The Balaban J connectivity index is 2.10. The van der Waals surface area contributed by atoms with Gasteiger partial charge in [-0.3, -0.25) is 14.6 Å². The van der Waals surface area contributed by atoms with Crippen molar-refractivity contribution in [3.8, 4) is 11.5 Å². The third kappa shape index (κ3) is 4.70. The smallest absolute Gasteiger partial charge is 0.265 e. The summed E-state index contributed by atoms with van der Waals surface area (Å²) in [5, 5.41) is 5.39. The van der Waals surface area contributed by atoms with Crippen LogP contribution >= 0.6 is 0 Å². The molecule has 0 fully saturated rings. The summed E-state index contributed by atoms with van der Waals surface area (Å²) in [5.41, 5.74) is 0.995. The van der Waals surface area contributed by atoms with E-state index >= 15 is 0 Å². The van der Waals surface area contributed by atoms with Crippen LogP contribution < -0.4 is 20.1 Å². The van der Waals surface area contributed by atoms with Crippen molar-refractivity contribution in [3.05, 3.63) is 42.7 Å². The van der Waals surface area contributed by atoms with Crippen LogP contribution in [-0.4, -0.2) is 30.0 Å². The van der Waals surface area contributed by atoms with Gasteiger partial charge in [0, 0.05) is 18.8 Å². The molecule has 126 valence electrons. The monoisotopic (exact) mass is 329 g/mol. The molecule has 0 aliphatic carbocycles. The van der Waals surface area contributed by atoms with Gasteiger partial charge in [0.05, 0.1) is 19.0 Å². The molecule has 7 heteroatoms. The first-order valence-corrected chi connectivity index (χ1v) is 7.32. The maximum Gasteiger partial charge on any atom is 0.265 e. The fraction of sp³-hybridized carbons (Fsp3) is 0.235. The molecule has 0 radical (unpaired) electrons. The van der Waals surface area contributed by atoms with E-state index in [1.807, 2.05) is 0 Å². The lowest BCUT2D eigenvalue weighted by atomic mass is 10.2. The van der Waals surface area contributed by atoms with Crippen LogP contribution in [0.4, 0.5) is 11.4 Å². The van der Waals surface area contributed by atoms with Gasteiger partial charge in [-0.2, -0.15) is 0 Å². The third-order valence-electron chi connectivity index (χ3n) is 3.09. The number of aromatic nitrogens is 1. The van der Waals surface area contributed by atoms with Gasteiger partial charge in [0.25, 0.3) is 5.91 Å². The Hall–Kier alpha value is -3.09. The van der Waals surface area contributed by atoms with Crippen LogP contribution in [0.15, 0.2) is 42.7 Å². The number of amides is 2. The maximum atomic E-state index is 12.3. The van der Waals surface area contributed by atoms with Gasteiger partial charge >= 0.3 is 0 Å². The van der Waals surface area contributed by atoms with Gasteiger partial charge < -0.3 is 20.1 Å². The van der Waals surface area contributed by atoms with Gasteiger partial charge in [-0.05, 0) is 37.3 Å². The molecule has 1 aromatic heterocycles. The zero-order valence-corrected chi connectivity index (χ0v) is 13.7. The highest BCUT2D eigenvalue weighted by Crippen LogP contribution is 2.28. The SMILES string of the molecule is COc1ccc(NC(C)=O)cc1NC(=O)C(C)Oc1cccnc1. The highest BCUT2D eigenvalue weighted by molar-refractivity contribution is 5.97. The molecule has 1 unspecified atom stereocenters. The van der Waals surface area contributed by atoms with E-state index in [1.54, 1.807) is 43.5 Å². The first-order chi connectivity index (χ1) is 11.5. The normalized spacial score (nSPS) is 11.3. The second-order valence-electron chi connectivity index (χ2n) is 5.03. The van der Waals surface area contributed by atoms with Crippen molar-refractivity contribution in [2.75, 3.05) is 17.7 Å². The van der Waals surface area contributed by atoms with E-state index in [0.717, 1.165) is 0 Å². The molecule has 2 aromatic rings. The van der Waals surface area contributed by atoms with Crippen molar-refractivity contribution in [3.63, 3.8) is 0 Å². The summed E-state index contributed by atoms with van der Waals surface area (Å²) in [6, 6.07) is 8.41. The van der Waals surface area contributed by atoms with E-state index in [4.69, 9.17) is 9.47 Å². The Kier molecular flexibility index (Phi) is 5.73. The van der Waals surface area contributed by atoms with Gasteiger partial charge in [-0.1, -0.05) is 0 Å². The molecule has 1 aromatic carbocycles. The second-order valence-corrected chi connectivity index (χ2v) is 5.03. The maximum absolute atomic E-state index is 12.3. The van der Waals surface area contributed by atoms with Gasteiger partial charge in [-0.15, -0.1) is 0 Å². The number of anilines is 2. The van der Waals surface area contributed by atoms with Crippen molar-refractivity contribution in [1.29, 1.82) is 0 Å². The molecule has 24 heavy (non-hydrogen) atoms. The van der Waals surface area contributed by atoms with Gasteiger partial charge in [0.15, 0.2) is 6.10 Å². The summed E-state index contributed by atoms with van der Waals surface area (Å²) < 4.78 is 10.8. The standard InChI is InChI=1S/C17H19N3O4/c1-11(24-14-5-4-8-18-10-14)17(22)20-15-9-13(19-12(2)21)6-7-16(15)23-3/h4-11H,1-3H3,(H,19,21)(H,20,22). The quantitative estimate of drug-likeness (QED) is 0.850. The molecule has 0 aliphatic rings. The predicted octanol–water partition coefficient (Wildman–Crippen LogP) is 2.45. The van der Waals surface area contributed by atoms with Crippen molar-refractivity contribution >= 4 is 23.2 Å². The Morgan fingerprint density at radius 1 is 1.21 bits per heavy atom. The molecule has 2 amide bonds. The summed E-state index contributed by atoms with van der Waals surface area (Å²) in [4.78, 5) is 27.4. The molecular weight excluding hydrogens is 310 g/mol. The molecule has 2 rings (SSSR count). The fourth-order valence-electron chi connectivity index (χ4n) is 2.00. The zero-order valence-electron chi connectivity index (χ0n) is 13.7. The third-order valence-corrected chi connectivity index (χ3v) is 3.09. The topological polar surface area (TPSA) is 89.6 Å². The van der Waals surface area contributed by atoms with Crippen LogP contribution in [0.1, 0.15) is 13.8 Å². The van der Waals surface area contributed by atoms with Crippen molar-refractivity contribution in [1.82, 2.24) is 4.98 Å². The second kappa shape index (κ2) is 7.96. The van der Waals surface area contributed by atoms with Gasteiger partial charge in [-0.25, -0.2) is 0 Å². The van der Waals surface area contributed by atoms with E-state index in [0.29, 0.717) is 22.9 Å². The highest BCUT2D eigenvalue weighted by atomic mass is 16.5. The molecule has 0 saturated carbocycles. The van der Waals surface area contributed by atoms with Gasteiger partial charge in [0.1, 0.15) is 11.5 Å². The lowest BCUT2D eigenvalue weighted by Gasteiger charge is -2.16. The molecule has 2 N–H and O–H groups in total. The van der Waals surface area contributed by atoms with E-state index in [2.05, 4.69) is 15.6 Å². The minimum Gasteiger partial charge on any atom is -0.495 e. The number of pyridine rings is 1. The molecule has 0 bridgehead atoms. The fourth-order valence-corrected chi connectivity index (χ4v) is 2.00. The average Bonchev–Trinajstić information content (AvgIpc) is 2.55. The Morgan fingerprint density at radius 3 is 2.62 bits per heavy atom. The zero-order chi connectivity index (χ0) is 17.5. The summed E-state index contributed by atoms with van der Waals surface area (Å²) in [6.07, 6.45) is 2.42. The van der Waals surface area contributed by atoms with Gasteiger partial charge in [0.2, 0.25) is 5.91 Å². The van der Waals surface area contributed by atoms with E-state index in [-0.39, 0.29) is 11.8 Å². The van der Waals surface area contributed by atoms with Crippen molar-refractivity contribution in [2.24, 2.45) is 0 Å². The number of hydrogen-bond donors (Lipinski definition) is 2. The number of hydrogen-bond acceptors (Lipinski definition) is 5. The Bertz CT molecular complexity index is 719. The van der Waals surface area contributed by atoms with E-state index in [9.17, 15) is 9.59 Å². The number of methoxy groups -OCH3 is 1. The molecular formula is C17H19N3O4. The number of nitrogens with one attached hydrogen (secondary N) is 2. The van der Waals surface area contributed by atoms with Crippen molar-refractivity contribution < 1.29 is 19.1 Å². The van der Waals surface area contributed by atoms with Crippen LogP contribution in [0.5, 0.6) is 11.5 Å². The molecule has 0 aliphatic heterocycles. The number of carbonyl (C=O) groups is 2. The Labute approximate surface area is 140 Å². The number of ether oxygens (including phenoxy) is 2. The summed E-state index contributed by atoms with van der Waals surface area (Å²) in [7, 11) is 1.50. The molecule has 0 saturated heterocycles. The first-order valence-electron chi connectivity index (χ1n) is 7.32. The average molecular weight is 329 g/mol. The molecule has 7 nitrogen and oxygen atoms in total.